The molecule has 2 radical (unpaired) electrons. The standard InChI is InChI=1S/C20H29BN2/c1-15-9-17(7-8-21)5-6-20(15)10-19-13-23(14-19)12-16(2)22-11-18-3-4-18/h5-6,9,18-19,22H,2-4,7-8,10-14H2,1H3. The van der Waals surface area contributed by atoms with Gasteiger partial charge in [-0.05, 0) is 61.1 Å². The summed E-state index contributed by atoms with van der Waals surface area (Å²) in [6.07, 6.45) is 5.71. The van der Waals surface area contributed by atoms with Crippen LogP contribution in [0.2, 0.25) is 6.32 Å². The van der Waals surface area contributed by atoms with E-state index in [0.29, 0.717) is 0 Å². The van der Waals surface area contributed by atoms with Crippen LogP contribution >= 0.6 is 0 Å². The minimum atomic E-state index is 0.731. The molecule has 0 bridgehead atoms. The van der Waals surface area contributed by atoms with Crippen molar-refractivity contribution in [1.82, 2.24) is 10.2 Å². The molecule has 0 aromatic heterocycles. The minimum Gasteiger partial charge on any atom is -0.387 e. The lowest BCUT2D eigenvalue weighted by atomic mass is 9.88. The molecular formula is C20H29BN2. The molecule has 0 amide bonds. The van der Waals surface area contributed by atoms with E-state index >= 15 is 0 Å². The van der Waals surface area contributed by atoms with Crippen molar-refractivity contribution in [2.24, 2.45) is 11.8 Å². The molecule has 1 aromatic rings. The fraction of sp³-hybridized carbons (Fsp3) is 0.600. The van der Waals surface area contributed by atoms with Crippen LogP contribution in [0.25, 0.3) is 0 Å². The van der Waals surface area contributed by atoms with Gasteiger partial charge >= 0.3 is 0 Å². The predicted molar refractivity (Wildman–Crippen MR) is 98.9 cm³/mol. The summed E-state index contributed by atoms with van der Waals surface area (Å²) >= 11 is 0. The zero-order chi connectivity index (χ0) is 16.2. The summed E-state index contributed by atoms with van der Waals surface area (Å²) < 4.78 is 0. The molecule has 2 aliphatic rings. The first kappa shape index (κ1) is 16.6. The predicted octanol–water partition coefficient (Wildman–Crippen LogP) is 3.11. The van der Waals surface area contributed by atoms with Gasteiger partial charge in [0.25, 0.3) is 0 Å². The Bertz CT molecular complexity index is 545. The number of aryl methyl sites for hydroxylation is 2. The van der Waals surface area contributed by atoms with Gasteiger partial charge in [-0.25, -0.2) is 0 Å². The van der Waals surface area contributed by atoms with Gasteiger partial charge < -0.3 is 5.32 Å². The number of hydrogen-bond donors (Lipinski definition) is 1. The van der Waals surface area contributed by atoms with E-state index in [1.54, 1.807) is 0 Å². The van der Waals surface area contributed by atoms with E-state index in [4.69, 9.17) is 7.85 Å². The van der Waals surface area contributed by atoms with Crippen LogP contribution in [0, 0.1) is 18.8 Å². The second kappa shape index (κ2) is 7.57. The van der Waals surface area contributed by atoms with Crippen LogP contribution < -0.4 is 5.32 Å². The highest BCUT2D eigenvalue weighted by Gasteiger charge is 2.27. The highest BCUT2D eigenvalue weighted by molar-refractivity contribution is 6.08. The second-order valence-electron chi connectivity index (χ2n) is 7.49. The van der Waals surface area contributed by atoms with E-state index in [-0.39, 0.29) is 0 Å². The number of likely N-dealkylation sites (tertiary alicyclic amines) is 1. The molecule has 0 unspecified atom stereocenters. The topological polar surface area (TPSA) is 15.3 Å². The van der Waals surface area contributed by atoms with Gasteiger partial charge in [0.15, 0.2) is 0 Å². The molecule has 0 atom stereocenters. The normalized spacial score (nSPS) is 18.7. The lowest BCUT2D eigenvalue weighted by molar-refractivity contribution is 0.110. The molecule has 1 saturated heterocycles. The third kappa shape index (κ3) is 4.88. The number of rotatable bonds is 9. The summed E-state index contributed by atoms with van der Waals surface area (Å²) in [4.78, 5) is 2.50. The SMILES string of the molecule is [B]CCc1ccc(CC2CN(CC(=C)NCC3CC3)C2)c(C)c1. The Morgan fingerprint density at radius 2 is 2.09 bits per heavy atom. The zero-order valence-electron chi connectivity index (χ0n) is 14.5. The monoisotopic (exact) mass is 308 g/mol. The van der Waals surface area contributed by atoms with Gasteiger partial charge in [-0.1, -0.05) is 31.1 Å². The van der Waals surface area contributed by atoms with E-state index in [0.717, 1.165) is 37.7 Å². The van der Waals surface area contributed by atoms with Crippen LogP contribution in [0.4, 0.5) is 0 Å². The molecule has 1 aromatic carbocycles. The summed E-state index contributed by atoms with van der Waals surface area (Å²) in [5, 5.41) is 3.49. The average Bonchev–Trinajstić information content (AvgIpc) is 3.29. The van der Waals surface area contributed by atoms with Gasteiger partial charge in [-0.3, -0.25) is 4.90 Å². The molecule has 1 aliphatic carbocycles. The fourth-order valence-corrected chi connectivity index (χ4v) is 3.49. The molecule has 1 saturated carbocycles. The Morgan fingerprint density at radius 1 is 1.30 bits per heavy atom. The number of benzene rings is 1. The van der Waals surface area contributed by atoms with Crippen LogP contribution in [0.15, 0.2) is 30.5 Å². The van der Waals surface area contributed by atoms with Gasteiger partial charge in [0.1, 0.15) is 0 Å². The van der Waals surface area contributed by atoms with Gasteiger partial charge in [0.05, 0.1) is 7.85 Å². The lowest BCUT2D eigenvalue weighted by Crippen LogP contribution is -2.49. The van der Waals surface area contributed by atoms with Crippen LogP contribution in [-0.4, -0.2) is 38.9 Å². The fourth-order valence-electron chi connectivity index (χ4n) is 3.49. The smallest absolute Gasteiger partial charge is 0.0657 e. The first-order valence-electron chi connectivity index (χ1n) is 9.06. The Kier molecular flexibility index (Phi) is 5.48. The Balaban J connectivity index is 1.38. The number of hydrogen-bond acceptors (Lipinski definition) is 2. The van der Waals surface area contributed by atoms with E-state index < -0.39 is 0 Å². The van der Waals surface area contributed by atoms with Crippen molar-refractivity contribution >= 4 is 7.85 Å². The summed E-state index contributed by atoms with van der Waals surface area (Å²) in [6.45, 7) is 10.9. The van der Waals surface area contributed by atoms with Crippen molar-refractivity contribution in [3.63, 3.8) is 0 Å². The van der Waals surface area contributed by atoms with E-state index in [2.05, 4.69) is 41.9 Å². The third-order valence-electron chi connectivity index (χ3n) is 5.13. The molecule has 2 fully saturated rings. The largest absolute Gasteiger partial charge is 0.387 e. The third-order valence-corrected chi connectivity index (χ3v) is 5.13. The highest BCUT2D eigenvalue weighted by atomic mass is 15.2. The number of nitrogens with zero attached hydrogens (tertiary/aromatic N) is 1. The van der Waals surface area contributed by atoms with Gasteiger partial charge in [-0.15, -0.1) is 0 Å². The van der Waals surface area contributed by atoms with E-state index in [9.17, 15) is 0 Å². The Morgan fingerprint density at radius 3 is 2.74 bits per heavy atom. The molecule has 23 heavy (non-hydrogen) atoms. The van der Waals surface area contributed by atoms with Crippen LogP contribution in [0.5, 0.6) is 0 Å². The molecule has 0 spiro atoms. The van der Waals surface area contributed by atoms with Gasteiger partial charge in [0, 0.05) is 31.9 Å². The average molecular weight is 308 g/mol. The van der Waals surface area contributed by atoms with Gasteiger partial charge in [-0.2, -0.15) is 0 Å². The minimum absolute atomic E-state index is 0.731. The lowest BCUT2D eigenvalue weighted by Gasteiger charge is -2.40. The molecule has 3 heteroatoms. The van der Waals surface area contributed by atoms with Crippen LogP contribution in [0.3, 0.4) is 0 Å². The zero-order valence-corrected chi connectivity index (χ0v) is 14.5. The van der Waals surface area contributed by atoms with Crippen molar-refractivity contribution in [3.05, 3.63) is 47.2 Å². The molecule has 1 aliphatic heterocycles. The molecule has 122 valence electrons. The highest BCUT2D eigenvalue weighted by Crippen LogP contribution is 2.28. The van der Waals surface area contributed by atoms with Crippen LogP contribution in [0.1, 0.15) is 29.5 Å². The maximum atomic E-state index is 5.64. The van der Waals surface area contributed by atoms with Crippen molar-refractivity contribution in [2.75, 3.05) is 26.2 Å². The van der Waals surface area contributed by atoms with Crippen molar-refractivity contribution in [3.8, 4) is 0 Å². The summed E-state index contributed by atoms with van der Waals surface area (Å²) in [5.41, 5.74) is 5.48. The maximum absolute atomic E-state index is 5.64. The van der Waals surface area contributed by atoms with Crippen molar-refractivity contribution < 1.29 is 0 Å². The maximum Gasteiger partial charge on any atom is 0.0657 e. The van der Waals surface area contributed by atoms with Crippen molar-refractivity contribution in [1.29, 1.82) is 0 Å². The van der Waals surface area contributed by atoms with E-state index in [1.807, 2.05) is 0 Å². The quantitative estimate of drug-likeness (QED) is 0.705. The first-order valence-corrected chi connectivity index (χ1v) is 9.06. The Hall–Kier alpha value is -1.22. The molecular weight excluding hydrogens is 279 g/mol. The van der Waals surface area contributed by atoms with Gasteiger partial charge in [0.2, 0.25) is 0 Å². The van der Waals surface area contributed by atoms with Crippen LogP contribution in [-0.2, 0) is 12.8 Å². The summed E-state index contributed by atoms with van der Waals surface area (Å²) in [7, 11) is 5.64. The molecule has 1 heterocycles. The Labute approximate surface area is 142 Å². The molecule has 3 rings (SSSR count). The summed E-state index contributed by atoms with van der Waals surface area (Å²) in [5.74, 6) is 1.71. The number of nitrogens with one attached hydrogen (secondary N) is 1. The molecule has 2 nitrogen and oxygen atoms in total. The summed E-state index contributed by atoms with van der Waals surface area (Å²) in [6, 6.07) is 6.86. The molecule has 1 N–H and O–H groups in total. The second-order valence-corrected chi connectivity index (χ2v) is 7.49. The first-order chi connectivity index (χ1) is 11.1. The van der Waals surface area contributed by atoms with Crippen molar-refractivity contribution in [2.45, 2.75) is 38.9 Å². The van der Waals surface area contributed by atoms with E-state index in [1.165, 1.54) is 54.7 Å².